The van der Waals surface area contributed by atoms with Crippen LogP contribution in [0.1, 0.15) is 5.56 Å². The molecule has 0 aliphatic rings. The quantitative estimate of drug-likeness (QED) is 0.0169. The van der Waals surface area contributed by atoms with E-state index in [2.05, 4.69) is 29.8 Å². The molecule has 0 fully saturated rings. The van der Waals surface area contributed by atoms with Gasteiger partial charge in [-0.25, -0.2) is 5.26 Å². The van der Waals surface area contributed by atoms with Crippen molar-refractivity contribution in [2.45, 2.75) is 16.7 Å². The predicted molar refractivity (Wildman–Crippen MR) is 172 cm³/mol. The van der Waals surface area contributed by atoms with E-state index in [-0.39, 0.29) is 55.7 Å². The summed E-state index contributed by atoms with van der Waals surface area (Å²) in [5, 5.41) is 41.1. The van der Waals surface area contributed by atoms with Crippen molar-refractivity contribution in [2.75, 3.05) is 12.8 Å². The van der Waals surface area contributed by atoms with E-state index in [4.69, 9.17) is 24.5 Å². The third-order valence-electron chi connectivity index (χ3n) is 6.62. The molecule has 0 radical (unpaired) electrons. The van der Waals surface area contributed by atoms with Gasteiger partial charge in [0.2, 0.25) is 0 Å². The molecule has 0 aromatic heterocycles. The van der Waals surface area contributed by atoms with Crippen molar-refractivity contribution in [1.82, 2.24) is 0 Å². The number of aryl methyl sites for hydroxylation is 1. The Morgan fingerprint density at radius 2 is 1.60 bits per heavy atom. The molecule has 5 aromatic carbocycles. The summed E-state index contributed by atoms with van der Waals surface area (Å²) in [7, 11) is -3.49. The number of aromatic hydroxyl groups is 1. The molecule has 0 aliphatic carbocycles. The van der Waals surface area contributed by atoms with Gasteiger partial charge in [0.15, 0.2) is 5.75 Å². The number of ether oxygens (including phenoxy) is 1. The van der Waals surface area contributed by atoms with Gasteiger partial charge >= 0.3 is 11.4 Å². The van der Waals surface area contributed by atoms with Gasteiger partial charge in [0.1, 0.15) is 33.5 Å². The highest BCUT2D eigenvalue weighted by Crippen LogP contribution is 2.45. The van der Waals surface area contributed by atoms with Crippen LogP contribution in [0.25, 0.3) is 21.5 Å². The lowest BCUT2D eigenvalue weighted by atomic mass is 10.1. The molecule has 19 heteroatoms. The van der Waals surface area contributed by atoms with Gasteiger partial charge in [0.05, 0.1) is 29.7 Å². The monoisotopic (exact) mass is 701 g/mol. The highest BCUT2D eigenvalue weighted by molar-refractivity contribution is 7.94. The van der Waals surface area contributed by atoms with Crippen LogP contribution in [0.2, 0.25) is 0 Å². The summed E-state index contributed by atoms with van der Waals surface area (Å²) in [5.74, 6) is -0.161. The molecule has 0 bridgehead atoms. The van der Waals surface area contributed by atoms with E-state index in [1.54, 1.807) is 37.3 Å². The Bertz CT molecular complexity index is 2210. The first kappa shape index (κ1) is 33.6. The molecular formula is C28H23N5O11S3. The van der Waals surface area contributed by atoms with Crippen LogP contribution in [0.15, 0.2) is 97.0 Å². The average molecular weight is 702 g/mol. The number of phenolic OH excluding ortho intramolecular Hbond substituents is 1. The maximum atomic E-state index is 12.4. The third kappa shape index (κ3) is 7.32. The van der Waals surface area contributed by atoms with E-state index < -0.39 is 26.4 Å². The number of benzene rings is 5. The van der Waals surface area contributed by atoms with E-state index in [1.807, 2.05) is 0 Å². The fraction of sp³-hybridized carbons (Fsp3) is 0.0714. The molecule has 244 valence electrons. The highest BCUT2D eigenvalue weighted by atomic mass is 32.2. The molecule has 0 saturated carbocycles. The lowest BCUT2D eigenvalue weighted by Gasteiger charge is -2.11. The highest BCUT2D eigenvalue weighted by Gasteiger charge is 2.22. The SMILES string of the molecule is COc1cc(/N=N/c2ccc3c(OS(=O)O)cccc3c2S(=O)(=O)O)c(C)cc1/N=N/c1c(SOOO)cc2cc(N)ccc2c1O. The molecule has 16 nitrogen and oxygen atoms in total. The minimum absolute atomic E-state index is 0.0133. The maximum absolute atomic E-state index is 12.4. The van der Waals surface area contributed by atoms with E-state index >= 15 is 0 Å². The minimum Gasteiger partial charge on any atom is -0.505 e. The molecule has 6 N–H and O–H groups in total. The first-order chi connectivity index (χ1) is 22.4. The number of hydrogen-bond donors (Lipinski definition) is 5. The zero-order valence-electron chi connectivity index (χ0n) is 24.1. The van der Waals surface area contributed by atoms with Gasteiger partial charge in [-0.1, -0.05) is 17.2 Å². The minimum atomic E-state index is -4.86. The van der Waals surface area contributed by atoms with Crippen LogP contribution in [-0.4, -0.2) is 39.2 Å². The van der Waals surface area contributed by atoms with Crippen LogP contribution in [0.4, 0.5) is 28.4 Å². The van der Waals surface area contributed by atoms with Crippen LogP contribution in [0.5, 0.6) is 17.2 Å². The lowest BCUT2D eigenvalue weighted by Crippen LogP contribution is -2.02. The van der Waals surface area contributed by atoms with Crippen molar-refractivity contribution >= 4 is 83.5 Å². The second kappa shape index (κ2) is 13.9. The normalized spacial score (nSPS) is 12.8. The fourth-order valence-corrected chi connectivity index (χ4v) is 6.22. The molecule has 1 unspecified atom stereocenters. The van der Waals surface area contributed by atoms with Crippen molar-refractivity contribution in [3.8, 4) is 17.2 Å². The van der Waals surface area contributed by atoms with Crippen LogP contribution < -0.4 is 14.7 Å². The second-order valence-corrected chi connectivity index (χ2v) is 12.2. The molecule has 0 amide bonds. The summed E-state index contributed by atoms with van der Waals surface area (Å²) in [5.41, 5.74) is 7.04. The second-order valence-electron chi connectivity index (χ2n) is 9.53. The topological polar surface area (TPSA) is 245 Å². The summed E-state index contributed by atoms with van der Waals surface area (Å²) >= 11 is -2.12. The Kier molecular flexibility index (Phi) is 9.98. The molecular weight excluding hydrogens is 679 g/mol. The average Bonchev–Trinajstić information content (AvgIpc) is 3.01. The number of hydrogen-bond acceptors (Lipinski definition) is 15. The maximum Gasteiger partial charge on any atom is 0.357 e. The van der Waals surface area contributed by atoms with Crippen LogP contribution in [0, 0.1) is 6.92 Å². The van der Waals surface area contributed by atoms with E-state index in [1.165, 1.54) is 43.5 Å². The smallest absolute Gasteiger partial charge is 0.357 e. The van der Waals surface area contributed by atoms with Crippen molar-refractivity contribution < 1.29 is 50.4 Å². The molecule has 5 aromatic rings. The standard InChI is InChI=1S/C28H23N5O11S3/c1-14-10-22(32-33-26-25(45-44-43-35)12-15-11-16(29)6-7-17(15)27(26)34)24(41-2)13-21(14)31-30-20-9-8-18-19(28(20)47(38,39)40)4-3-5-23(18)42-46(36)37/h3-13,34-35H,29H2,1-2H3,(H,36,37)(H,38,39,40)/b31-30+,33-32+. The summed E-state index contributed by atoms with van der Waals surface area (Å²) in [4.78, 5) is -0.363. The number of nitrogens with two attached hydrogens (primary N) is 1. The number of nitrogen functional groups attached to an aromatic ring is 1. The van der Waals surface area contributed by atoms with E-state index in [9.17, 15) is 22.3 Å². The van der Waals surface area contributed by atoms with Gasteiger partial charge in [-0.2, -0.15) is 17.7 Å². The largest absolute Gasteiger partial charge is 0.505 e. The van der Waals surface area contributed by atoms with Gasteiger partial charge in [0, 0.05) is 27.9 Å². The molecule has 5 rings (SSSR count). The summed E-state index contributed by atoms with van der Waals surface area (Å²) in [6.45, 7) is 1.67. The van der Waals surface area contributed by atoms with E-state index in [0.29, 0.717) is 34.1 Å². The van der Waals surface area contributed by atoms with Gasteiger partial charge in [0.25, 0.3) is 10.1 Å². The molecule has 0 saturated heterocycles. The van der Waals surface area contributed by atoms with Crippen LogP contribution >= 0.6 is 12.0 Å². The first-order valence-corrected chi connectivity index (χ1v) is 16.2. The van der Waals surface area contributed by atoms with Crippen molar-refractivity contribution in [3.63, 3.8) is 0 Å². The first-order valence-electron chi connectivity index (χ1n) is 13.0. The Hall–Kier alpha value is -4.73. The summed E-state index contributed by atoms with van der Waals surface area (Å²) < 4.78 is 70.1. The Labute approximate surface area is 272 Å². The molecule has 47 heavy (non-hydrogen) atoms. The number of methoxy groups -OCH3 is 1. The Morgan fingerprint density at radius 3 is 2.30 bits per heavy atom. The molecule has 1 atom stereocenters. The Morgan fingerprint density at radius 1 is 0.872 bits per heavy atom. The van der Waals surface area contributed by atoms with Crippen LogP contribution in [-0.2, 0) is 30.9 Å². The fourth-order valence-electron chi connectivity index (χ4n) is 4.59. The molecule has 0 spiro atoms. The van der Waals surface area contributed by atoms with Gasteiger partial charge < -0.3 is 19.8 Å². The number of anilines is 1. The summed E-state index contributed by atoms with van der Waals surface area (Å²) in [6.07, 6.45) is 0. The number of fused-ring (bicyclic) bond motifs is 2. The molecule has 0 heterocycles. The third-order valence-corrected chi connectivity index (χ3v) is 8.51. The number of nitrogens with zero attached hydrogens (tertiary/aromatic N) is 4. The van der Waals surface area contributed by atoms with Gasteiger partial charge in [-0.3, -0.25) is 9.11 Å². The van der Waals surface area contributed by atoms with Crippen molar-refractivity contribution in [3.05, 3.63) is 72.3 Å². The summed E-state index contributed by atoms with van der Waals surface area (Å²) in [6, 6.07) is 16.2. The van der Waals surface area contributed by atoms with Crippen LogP contribution in [0.3, 0.4) is 0 Å². The zero-order valence-corrected chi connectivity index (χ0v) is 26.5. The van der Waals surface area contributed by atoms with Gasteiger partial charge in [-0.05, 0) is 66.4 Å². The lowest BCUT2D eigenvalue weighted by molar-refractivity contribution is -0.432. The van der Waals surface area contributed by atoms with E-state index in [0.717, 1.165) is 0 Å². The number of rotatable bonds is 11. The Balaban J connectivity index is 1.54. The zero-order chi connectivity index (χ0) is 33.9. The number of phenols is 1. The molecule has 0 aliphatic heterocycles. The number of azo groups is 2. The predicted octanol–water partition coefficient (Wildman–Crippen LogP) is 7.62. The van der Waals surface area contributed by atoms with Gasteiger partial charge in [-0.15, -0.1) is 19.7 Å². The van der Waals surface area contributed by atoms with Crippen molar-refractivity contribution in [1.29, 1.82) is 0 Å². The van der Waals surface area contributed by atoms with Crippen molar-refractivity contribution in [2.24, 2.45) is 20.5 Å².